The Kier molecular flexibility index (Phi) is 4.31. The molecular formula is C12H15F3N4O2. The van der Waals surface area contributed by atoms with Crippen LogP contribution in [-0.2, 0) is 6.18 Å². The Balaban J connectivity index is 2.33. The molecule has 9 heteroatoms. The van der Waals surface area contributed by atoms with Gasteiger partial charge in [-0.3, -0.25) is 10.1 Å². The number of piperidine rings is 1. The molecule has 1 fully saturated rings. The van der Waals surface area contributed by atoms with Gasteiger partial charge in [-0.1, -0.05) is 0 Å². The first-order valence-electron chi connectivity index (χ1n) is 6.49. The summed E-state index contributed by atoms with van der Waals surface area (Å²) in [5.74, 6) is 0.309. The van der Waals surface area contributed by atoms with Crippen LogP contribution in [0.25, 0.3) is 0 Å². The fourth-order valence-corrected chi connectivity index (χ4v) is 2.40. The van der Waals surface area contributed by atoms with Crippen LogP contribution in [0.1, 0.15) is 18.5 Å². The Hall–Kier alpha value is -1.90. The lowest BCUT2D eigenvalue weighted by atomic mass is 9.96. The van der Waals surface area contributed by atoms with Crippen LogP contribution in [0.3, 0.4) is 0 Å². The van der Waals surface area contributed by atoms with Crippen LogP contribution in [0.5, 0.6) is 0 Å². The van der Waals surface area contributed by atoms with E-state index in [9.17, 15) is 23.3 Å². The van der Waals surface area contributed by atoms with Gasteiger partial charge in [-0.05, 0) is 31.4 Å². The SMILES string of the molecule is NCC1CCN(c2cc(C(F)(F)F)ncc2[N+](=O)[O-])CC1. The normalized spacial score (nSPS) is 17.0. The minimum Gasteiger partial charge on any atom is -0.366 e. The molecule has 0 atom stereocenters. The summed E-state index contributed by atoms with van der Waals surface area (Å²) in [6.07, 6.45) is -2.54. The molecule has 21 heavy (non-hydrogen) atoms. The van der Waals surface area contributed by atoms with E-state index >= 15 is 0 Å². The van der Waals surface area contributed by atoms with Gasteiger partial charge >= 0.3 is 11.9 Å². The lowest BCUT2D eigenvalue weighted by Gasteiger charge is -2.32. The Morgan fingerprint density at radius 3 is 2.52 bits per heavy atom. The molecule has 1 saturated heterocycles. The second-order valence-corrected chi connectivity index (χ2v) is 4.98. The Bertz CT molecular complexity index is 528. The molecule has 1 aliphatic heterocycles. The van der Waals surface area contributed by atoms with E-state index in [0.717, 1.165) is 6.07 Å². The monoisotopic (exact) mass is 304 g/mol. The van der Waals surface area contributed by atoms with Crippen LogP contribution in [0, 0.1) is 16.0 Å². The number of hydrogen-bond acceptors (Lipinski definition) is 5. The number of nitrogens with zero attached hydrogens (tertiary/aromatic N) is 3. The van der Waals surface area contributed by atoms with Crippen molar-refractivity contribution in [2.24, 2.45) is 11.7 Å². The minimum atomic E-state index is -4.63. The van der Waals surface area contributed by atoms with Crippen LogP contribution >= 0.6 is 0 Å². The fourth-order valence-electron chi connectivity index (χ4n) is 2.40. The summed E-state index contributed by atoms with van der Waals surface area (Å²) < 4.78 is 38.2. The molecule has 1 aliphatic rings. The Morgan fingerprint density at radius 1 is 1.43 bits per heavy atom. The summed E-state index contributed by atoms with van der Waals surface area (Å²) in [5.41, 5.74) is 4.00. The molecule has 0 amide bonds. The number of halogens is 3. The zero-order valence-corrected chi connectivity index (χ0v) is 11.1. The molecule has 0 saturated carbocycles. The predicted octanol–water partition coefficient (Wildman–Crippen LogP) is 2.18. The third-order valence-corrected chi connectivity index (χ3v) is 3.64. The number of hydrogen-bond donors (Lipinski definition) is 1. The van der Waals surface area contributed by atoms with Crippen LogP contribution in [0.2, 0.25) is 0 Å². The number of pyridine rings is 1. The minimum absolute atomic E-state index is 0.0298. The highest BCUT2D eigenvalue weighted by atomic mass is 19.4. The quantitative estimate of drug-likeness (QED) is 0.683. The fraction of sp³-hybridized carbons (Fsp3) is 0.583. The largest absolute Gasteiger partial charge is 0.433 e. The van der Waals surface area contributed by atoms with Crippen molar-refractivity contribution < 1.29 is 18.1 Å². The van der Waals surface area contributed by atoms with E-state index in [4.69, 9.17) is 5.73 Å². The summed E-state index contributed by atoms with van der Waals surface area (Å²) >= 11 is 0. The van der Waals surface area contributed by atoms with Crippen molar-refractivity contribution in [1.82, 2.24) is 4.98 Å². The van der Waals surface area contributed by atoms with Gasteiger partial charge in [-0.15, -0.1) is 0 Å². The molecule has 116 valence electrons. The van der Waals surface area contributed by atoms with E-state index < -0.39 is 22.5 Å². The average Bonchev–Trinajstić information content (AvgIpc) is 2.45. The molecular weight excluding hydrogens is 289 g/mol. The average molecular weight is 304 g/mol. The van der Waals surface area contributed by atoms with Gasteiger partial charge in [0.1, 0.15) is 17.6 Å². The highest BCUT2D eigenvalue weighted by molar-refractivity contribution is 5.63. The molecule has 2 N–H and O–H groups in total. The summed E-state index contributed by atoms with van der Waals surface area (Å²) in [5, 5.41) is 11.0. The number of alkyl halides is 3. The molecule has 1 aromatic heterocycles. The first kappa shape index (κ1) is 15.5. The Labute approximate surface area is 118 Å². The van der Waals surface area contributed by atoms with Crippen LogP contribution in [0.4, 0.5) is 24.5 Å². The highest BCUT2D eigenvalue weighted by Gasteiger charge is 2.35. The van der Waals surface area contributed by atoms with Crippen LogP contribution in [-0.4, -0.2) is 29.5 Å². The van der Waals surface area contributed by atoms with Crippen molar-refractivity contribution in [2.45, 2.75) is 19.0 Å². The molecule has 0 spiro atoms. The van der Waals surface area contributed by atoms with Gasteiger partial charge in [0, 0.05) is 13.1 Å². The third-order valence-electron chi connectivity index (χ3n) is 3.64. The predicted molar refractivity (Wildman–Crippen MR) is 69.9 cm³/mol. The van der Waals surface area contributed by atoms with Crippen molar-refractivity contribution >= 4 is 11.4 Å². The highest BCUT2D eigenvalue weighted by Crippen LogP contribution is 2.36. The maximum atomic E-state index is 12.7. The molecule has 0 aliphatic carbocycles. The molecule has 6 nitrogen and oxygen atoms in total. The maximum absolute atomic E-state index is 12.7. The zero-order chi connectivity index (χ0) is 15.6. The second kappa shape index (κ2) is 5.84. The first-order valence-corrected chi connectivity index (χ1v) is 6.49. The number of rotatable bonds is 3. The maximum Gasteiger partial charge on any atom is 0.433 e. The van der Waals surface area contributed by atoms with Crippen LogP contribution < -0.4 is 10.6 Å². The van der Waals surface area contributed by atoms with Gasteiger partial charge in [-0.25, -0.2) is 4.98 Å². The van der Waals surface area contributed by atoms with E-state index in [1.165, 1.54) is 0 Å². The van der Waals surface area contributed by atoms with Gasteiger partial charge in [0.15, 0.2) is 0 Å². The summed E-state index contributed by atoms with van der Waals surface area (Å²) in [6, 6.07) is 0.751. The van der Waals surface area contributed by atoms with Crippen molar-refractivity contribution in [2.75, 3.05) is 24.5 Å². The summed E-state index contributed by atoms with van der Waals surface area (Å²) in [7, 11) is 0. The van der Waals surface area contributed by atoms with E-state index in [0.29, 0.717) is 44.6 Å². The van der Waals surface area contributed by atoms with Gasteiger partial charge in [-0.2, -0.15) is 13.2 Å². The van der Waals surface area contributed by atoms with E-state index in [-0.39, 0.29) is 5.69 Å². The first-order chi connectivity index (χ1) is 9.82. The molecule has 0 bridgehead atoms. The number of anilines is 1. The van der Waals surface area contributed by atoms with Gasteiger partial charge < -0.3 is 10.6 Å². The van der Waals surface area contributed by atoms with Crippen molar-refractivity contribution in [1.29, 1.82) is 0 Å². The topological polar surface area (TPSA) is 85.3 Å². The second-order valence-electron chi connectivity index (χ2n) is 4.98. The van der Waals surface area contributed by atoms with E-state index in [1.54, 1.807) is 4.90 Å². The number of nitrogens with two attached hydrogens (primary N) is 1. The standard InChI is InChI=1S/C12H15F3N4O2/c13-12(14,15)11-5-9(10(7-17-11)19(20)21)18-3-1-8(6-16)2-4-18/h5,7-8H,1-4,6,16H2. The lowest BCUT2D eigenvalue weighted by molar-refractivity contribution is -0.384. The van der Waals surface area contributed by atoms with Gasteiger partial charge in [0.05, 0.1) is 4.92 Å². The van der Waals surface area contributed by atoms with Crippen molar-refractivity contribution in [3.63, 3.8) is 0 Å². The molecule has 1 aromatic rings. The number of aromatic nitrogens is 1. The third kappa shape index (κ3) is 3.41. The molecule has 0 unspecified atom stereocenters. The molecule has 0 aromatic carbocycles. The molecule has 0 radical (unpaired) electrons. The van der Waals surface area contributed by atoms with E-state index in [1.807, 2.05) is 0 Å². The lowest BCUT2D eigenvalue weighted by Crippen LogP contribution is -2.36. The van der Waals surface area contributed by atoms with Crippen LogP contribution in [0.15, 0.2) is 12.3 Å². The summed E-state index contributed by atoms with van der Waals surface area (Å²) in [6.45, 7) is 1.41. The molecule has 2 rings (SSSR count). The molecule has 2 heterocycles. The summed E-state index contributed by atoms with van der Waals surface area (Å²) in [4.78, 5) is 15.0. The Morgan fingerprint density at radius 2 is 2.05 bits per heavy atom. The van der Waals surface area contributed by atoms with Crippen molar-refractivity contribution in [3.8, 4) is 0 Å². The number of nitro groups is 1. The van der Waals surface area contributed by atoms with Gasteiger partial charge in [0.2, 0.25) is 0 Å². The van der Waals surface area contributed by atoms with E-state index in [2.05, 4.69) is 4.98 Å². The van der Waals surface area contributed by atoms with Crippen molar-refractivity contribution in [3.05, 3.63) is 28.1 Å². The smallest absolute Gasteiger partial charge is 0.366 e. The van der Waals surface area contributed by atoms with Gasteiger partial charge in [0.25, 0.3) is 0 Å². The zero-order valence-electron chi connectivity index (χ0n) is 11.1.